The summed E-state index contributed by atoms with van der Waals surface area (Å²) in [5.74, 6) is -0.897. The summed E-state index contributed by atoms with van der Waals surface area (Å²) in [5.41, 5.74) is 0. The highest BCUT2D eigenvalue weighted by molar-refractivity contribution is 7.89. The minimum atomic E-state index is -3.61. The smallest absolute Gasteiger partial charge is 0.345 e. The molecule has 20 heavy (non-hydrogen) atoms. The number of ether oxygens (including phenoxy) is 1. The molecular formula is C12H17NO5S2. The minimum absolute atomic E-state index is 0.0497. The first-order valence-corrected chi connectivity index (χ1v) is 8.44. The Morgan fingerprint density at radius 3 is 2.85 bits per heavy atom. The fourth-order valence-electron chi connectivity index (χ4n) is 2.35. The van der Waals surface area contributed by atoms with E-state index in [2.05, 4.69) is 0 Å². The number of aryl methyl sites for hydroxylation is 1. The van der Waals surface area contributed by atoms with Gasteiger partial charge in [0.25, 0.3) is 0 Å². The van der Waals surface area contributed by atoms with Crippen molar-refractivity contribution in [1.82, 2.24) is 4.31 Å². The number of hydrogen-bond acceptors (Lipinski definition) is 5. The topological polar surface area (TPSA) is 83.9 Å². The monoisotopic (exact) mass is 319 g/mol. The van der Waals surface area contributed by atoms with E-state index in [9.17, 15) is 13.2 Å². The lowest BCUT2D eigenvalue weighted by molar-refractivity contribution is 0.0702. The van der Waals surface area contributed by atoms with Crippen LogP contribution in [0, 0.1) is 12.8 Å². The molecule has 2 heterocycles. The van der Waals surface area contributed by atoms with E-state index < -0.39 is 16.0 Å². The Kier molecular flexibility index (Phi) is 4.48. The van der Waals surface area contributed by atoms with Crippen LogP contribution in [0.3, 0.4) is 0 Å². The largest absolute Gasteiger partial charge is 0.477 e. The second-order valence-electron chi connectivity index (χ2n) is 4.81. The predicted octanol–water partition coefficient (Wildman–Crippen LogP) is 1.41. The van der Waals surface area contributed by atoms with E-state index in [0.717, 1.165) is 17.8 Å². The molecular weight excluding hydrogens is 302 g/mol. The molecule has 0 aromatic carbocycles. The van der Waals surface area contributed by atoms with Crippen molar-refractivity contribution in [3.8, 4) is 0 Å². The molecule has 0 bridgehead atoms. The van der Waals surface area contributed by atoms with Gasteiger partial charge >= 0.3 is 5.97 Å². The number of carbonyl (C=O) groups is 1. The third-order valence-corrected chi connectivity index (χ3v) is 6.51. The normalized spacial score (nSPS) is 20.4. The summed E-state index contributed by atoms with van der Waals surface area (Å²) in [6.07, 6.45) is 0.766. The van der Waals surface area contributed by atoms with Crippen LogP contribution >= 0.6 is 11.3 Å². The van der Waals surface area contributed by atoms with E-state index in [1.807, 2.05) is 0 Å². The Balaban J connectivity index is 2.25. The highest BCUT2D eigenvalue weighted by atomic mass is 32.2. The van der Waals surface area contributed by atoms with E-state index in [0.29, 0.717) is 24.6 Å². The molecule has 0 amide bonds. The van der Waals surface area contributed by atoms with Crippen LogP contribution < -0.4 is 0 Å². The SMILES string of the molecule is COCC1CCN(S(=O)(=O)c2cc(C(=O)O)sc2C)C1. The fraction of sp³-hybridized carbons (Fsp3) is 0.583. The quantitative estimate of drug-likeness (QED) is 0.887. The maximum absolute atomic E-state index is 12.5. The summed E-state index contributed by atoms with van der Waals surface area (Å²) < 4.78 is 31.5. The second kappa shape index (κ2) is 5.80. The number of carboxylic acid groups (broad SMARTS) is 1. The number of sulfonamides is 1. The van der Waals surface area contributed by atoms with Crippen LogP contribution in [0.4, 0.5) is 0 Å². The molecule has 1 aromatic heterocycles. The van der Waals surface area contributed by atoms with E-state index in [1.165, 1.54) is 10.4 Å². The lowest BCUT2D eigenvalue weighted by Crippen LogP contribution is -2.29. The molecule has 0 aliphatic carbocycles. The second-order valence-corrected chi connectivity index (χ2v) is 7.97. The molecule has 0 spiro atoms. The summed E-state index contributed by atoms with van der Waals surface area (Å²) in [6.45, 7) is 3.05. The summed E-state index contributed by atoms with van der Waals surface area (Å²) in [4.78, 5) is 11.6. The number of nitrogens with zero attached hydrogens (tertiary/aromatic N) is 1. The van der Waals surface area contributed by atoms with Gasteiger partial charge in [-0.05, 0) is 25.3 Å². The first-order chi connectivity index (χ1) is 9.36. The Bertz CT molecular complexity index is 607. The number of hydrogen-bond donors (Lipinski definition) is 1. The number of carboxylic acids is 1. The molecule has 0 radical (unpaired) electrons. The molecule has 1 N–H and O–H groups in total. The summed E-state index contributed by atoms with van der Waals surface area (Å²) in [7, 11) is -2.01. The van der Waals surface area contributed by atoms with Crippen molar-refractivity contribution < 1.29 is 23.1 Å². The molecule has 1 aliphatic heterocycles. The zero-order chi connectivity index (χ0) is 14.9. The van der Waals surface area contributed by atoms with Crippen molar-refractivity contribution in [3.63, 3.8) is 0 Å². The molecule has 1 aromatic rings. The van der Waals surface area contributed by atoms with Gasteiger partial charge in [-0.1, -0.05) is 0 Å². The number of methoxy groups -OCH3 is 1. The van der Waals surface area contributed by atoms with Crippen LogP contribution in [0.5, 0.6) is 0 Å². The van der Waals surface area contributed by atoms with Crippen molar-refractivity contribution in [1.29, 1.82) is 0 Å². The number of thiophene rings is 1. The molecule has 1 fully saturated rings. The zero-order valence-corrected chi connectivity index (χ0v) is 13.0. The number of aromatic carboxylic acids is 1. The summed E-state index contributed by atoms with van der Waals surface area (Å²) in [5, 5.41) is 8.95. The molecule has 1 aliphatic rings. The average molecular weight is 319 g/mol. The van der Waals surface area contributed by atoms with Crippen LogP contribution in [0.25, 0.3) is 0 Å². The van der Waals surface area contributed by atoms with Gasteiger partial charge in [0, 0.05) is 25.1 Å². The van der Waals surface area contributed by atoms with Crippen LogP contribution in [0.1, 0.15) is 21.0 Å². The molecule has 2 rings (SSSR count). The van der Waals surface area contributed by atoms with Crippen LogP contribution in [-0.4, -0.2) is 50.6 Å². The minimum Gasteiger partial charge on any atom is -0.477 e. The van der Waals surface area contributed by atoms with Gasteiger partial charge in [0.1, 0.15) is 4.88 Å². The van der Waals surface area contributed by atoms with Gasteiger partial charge in [0.2, 0.25) is 10.0 Å². The molecule has 0 saturated carbocycles. The fourth-order valence-corrected chi connectivity index (χ4v) is 5.28. The first-order valence-electron chi connectivity index (χ1n) is 6.19. The van der Waals surface area contributed by atoms with E-state index >= 15 is 0 Å². The lowest BCUT2D eigenvalue weighted by Gasteiger charge is -2.16. The molecule has 112 valence electrons. The Morgan fingerprint density at radius 2 is 2.30 bits per heavy atom. The molecule has 1 saturated heterocycles. The summed E-state index contributed by atoms with van der Waals surface area (Å²) in [6, 6.07) is 1.25. The standard InChI is InChI=1S/C12H17NO5S2/c1-8-11(5-10(19-8)12(14)15)20(16,17)13-4-3-9(6-13)7-18-2/h5,9H,3-4,6-7H2,1-2H3,(H,14,15). The van der Waals surface area contributed by atoms with Crippen LogP contribution in [0.15, 0.2) is 11.0 Å². The van der Waals surface area contributed by atoms with Crippen molar-refractivity contribution in [2.75, 3.05) is 26.8 Å². The third-order valence-electron chi connectivity index (χ3n) is 3.35. The lowest BCUT2D eigenvalue weighted by atomic mass is 10.1. The molecule has 1 unspecified atom stereocenters. The van der Waals surface area contributed by atoms with Crippen molar-refractivity contribution in [3.05, 3.63) is 15.8 Å². The highest BCUT2D eigenvalue weighted by Gasteiger charge is 2.34. The van der Waals surface area contributed by atoms with Gasteiger partial charge in [0.15, 0.2) is 0 Å². The molecule has 6 nitrogen and oxygen atoms in total. The highest BCUT2D eigenvalue weighted by Crippen LogP contribution is 2.31. The van der Waals surface area contributed by atoms with Gasteiger partial charge < -0.3 is 9.84 Å². The van der Waals surface area contributed by atoms with E-state index in [1.54, 1.807) is 14.0 Å². The van der Waals surface area contributed by atoms with Crippen molar-refractivity contribution in [2.24, 2.45) is 5.92 Å². The van der Waals surface area contributed by atoms with Gasteiger partial charge in [-0.15, -0.1) is 11.3 Å². The van der Waals surface area contributed by atoms with E-state index in [4.69, 9.17) is 9.84 Å². The molecule has 1 atom stereocenters. The van der Waals surface area contributed by atoms with Crippen LogP contribution in [-0.2, 0) is 14.8 Å². The Labute approximate surface area is 122 Å². The van der Waals surface area contributed by atoms with Gasteiger partial charge in [-0.3, -0.25) is 0 Å². The maximum Gasteiger partial charge on any atom is 0.345 e. The van der Waals surface area contributed by atoms with E-state index in [-0.39, 0.29) is 15.7 Å². The number of rotatable bonds is 5. The maximum atomic E-state index is 12.5. The zero-order valence-electron chi connectivity index (χ0n) is 11.3. The predicted molar refractivity (Wildman–Crippen MR) is 74.8 cm³/mol. The van der Waals surface area contributed by atoms with Crippen molar-refractivity contribution >= 4 is 27.3 Å². The van der Waals surface area contributed by atoms with Gasteiger partial charge in [-0.2, -0.15) is 4.31 Å². The first kappa shape index (κ1) is 15.4. The third kappa shape index (κ3) is 2.88. The van der Waals surface area contributed by atoms with Crippen molar-refractivity contribution in [2.45, 2.75) is 18.2 Å². The molecule has 8 heteroatoms. The Morgan fingerprint density at radius 1 is 1.60 bits per heavy atom. The van der Waals surface area contributed by atoms with Gasteiger partial charge in [0.05, 0.1) is 11.5 Å². The Hall–Kier alpha value is -0.960. The average Bonchev–Trinajstić information content (AvgIpc) is 2.96. The van der Waals surface area contributed by atoms with Gasteiger partial charge in [-0.25, -0.2) is 13.2 Å². The summed E-state index contributed by atoms with van der Waals surface area (Å²) >= 11 is 0.989. The van der Waals surface area contributed by atoms with Crippen LogP contribution in [0.2, 0.25) is 0 Å².